The van der Waals surface area contributed by atoms with E-state index in [9.17, 15) is 9.59 Å². The number of carboxylic acids is 1. The number of aliphatic hydroxyl groups excluding tert-OH is 1. The topological polar surface area (TPSA) is 99.1 Å². The van der Waals surface area contributed by atoms with Crippen LogP contribution in [0.1, 0.15) is 123 Å². The molecule has 1 rings (SSSR count). The van der Waals surface area contributed by atoms with Crippen molar-refractivity contribution in [2.24, 2.45) is 0 Å². The molecular weight excluding hydrogens is 444 g/mol. The van der Waals surface area contributed by atoms with Crippen molar-refractivity contribution in [2.45, 2.75) is 129 Å². The largest absolute Gasteiger partial charge is 0.479 e. The van der Waals surface area contributed by atoms with Gasteiger partial charge in [-0.2, -0.15) is 0 Å². The maximum absolute atomic E-state index is 11.9. The summed E-state index contributed by atoms with van der Waals surface area (Å²) in [4.78, 5) is 23.8. The van der Waals surface area contributed by atoms with Gasteiger partial charge in [0.2, 0.25) is 5.91 Å². The number of hydrogen-bond acceptors (Lipinski definition) is 5. The van der Waals surface area contributed by atoms with Crippen LogP contribution < -0.4 is 5.32 Å². The lowest BCUT2D eigenvalue weighted by atomic mass is 10.0. The summed E-state index contributed by atoms with van der Waals surface area (Å²) in [6, 6.07) is 0. The van der Waals surface area contributed by atoms with Crippen molar-refractivity contribution < 1.29 is 24.5 Å². The molecule has 1 aliphatic rings. The van der Waals surface area contributed by atoms with Gasteiger partial charge >= 0.3 is 5.97 Å². The van der Waals surface area contributed by atoms with Crippen LogP contribution in [0.25, 0.3) is 0 Å². The van der Waals surface area contributed by atoms with E-state index in [0.717, 1.165) is 52.2 Å². The van der Waals surface area contributed by atoms with E-state index in [0.29, 0.717) is 6.42 Å². The monoisotopic (exact) mass is 500 g/mol. The number of carboxylic acid groups (broad SMARTS) is 1. The van der Waals surface area contributed by atoms with E-state index in [4.69, 9.17) is 14.9 Å². The fraction of sp³-hybridized carbons (Fsp3) is 0.929. The molecule has 7 nitrogen and oxygen atoms in total. The van der Waals surface area contributed by atoms with E-state index in [-0.39, 0.29) is 5.91 Å². The molecule has 1 aliphatic heterocycles. The van der Waals surface area contributed by atoms with Gasteiger partial charge in [0.15, 0.2) is 0 Å². The fourth-order valence-electron chi connectivity index (χ4n) is 4.10. The molecule has 0 bridgehead atoms. The molecule has 0 spiro atoms. The Morgan fingerprint density at radius 2 is 1.23 bits per heavy atom. The van der Waals surface area contributed by atoms with Crippen LogP contribution >= 0.6 is 0 Å². The predicted molar refractivity (Wildman–Crippen MR) is 144 cm³/mol. The minimum absolute atomic E-state index is 0.238. The standard InChI is InChI=1S/C25H50N2O2.C3H6O3/c1-2-3-4-5-6-7-8-9-10-11-12-13-14-15-16-18-25(28)26-19-17-20-27-21-23-29-24-22-27;1-2(4)3(5)6/h2-24H2,1H3,(H,26,28);2,4H,1H3,(H,5,6). The number of aliphatic hydroxyl groups is 1. The van der Waals surface area contributed by atoms with Crippen molar-refractivity contribution in [1.82, 2.24) is 10.2 Å². The molecule has 3 N–H and O–H groups in total. The Bertz CT molecular complexity index is 482. The molecular formula is C28H56N2O5. The van der Waals surface area contributed by atoms with Gasteiger partial charge in [-0.1, -0.05) is 96.8 Å². The lowest BCUT2D eigenvalue weighted by molar-refractivity contribution is -0.145. The van der Waals surface area contributed by atoms with Gasteiger partial charge in [-0.3, -0.25) is 9.69 Å². The molecule has 1 atom stereocenters. The average molecular weight is 501 g/mol. The van der Waals surface area contributed by atoms with Crippen LogP contribution in [0.15, 0.2) is 0 Å². The molecule has 1 fully saturated rings. The first-order valence-electron chi connectivity index (χ1n) is 14.4. The predicted octanol–water partition coefficient (Wildman–Crippen LogP) is 5.54. The average Bonchev–Trinajstić information content (AvgIpc) is 2.85. The smallest absolute Gasteiger partial charge is 0.332 e. The molecule has 0 aromatic carbocycles. The zero-order valence-electron chi connectivity index (χ0n) is 22.9. The van der Waals surface area contributed by atoms with Crippen LogP contribution in [-0.2, 0) is 14.3 Å². The maximum Gasteiger partial charge on any atom is 0.332 e. The summed E-state index contributed by atoms with van der Waals surface area (Å²) < 4.78 is 5.35. The Hall–Kier alpha value is -1.18. The summed E-state index contributed by atoms with van der Waals surface area (Å²) in [7, 11) is 0. The second-order valence-corrected chi connectivity index (χ2v) is 9.87. The molecule has 0 aromatic rings. The Morgan fingerprint density at radius 1 is 0.800 bits per heavy atom. The highest BCUT2D eigenvalue weighted by Gasteiger charge is 2.09. The molecule has 1 unspecified atom stereocenters. The molecule has 0 saturated carbocycles. The Kier molecular flexibility index (Phi) is 25.0. The van der Waals surface area contributed by atoms with Gasteiger partial charge in [0.25, 0.3) is 0 Å². The third-order valence-corrected chi connectivity index (χ3v) is 6.44. The van der Waals surface area contributed by atoms with E-state index in [1.165, 1.54) is 96.8 Å². The zero-order valence-corrected chi connectivity index (χ0v) is 22.9. The summed E-state index contributed by atoms with van der Waals surface area (Å²) in [5.41, 5.74) is 0. The van der Waals surface area contributed by atoms with Gasteiger partial charge in [-0.25, -0.2) is 4.79 Å². The molecule has 0 aliphatic carbocycles. The lowest BCUT2D eigenvalue weighted by Crippen LogP contribution is -2.38. The van der Waals surface area contributed by atoms with Crippen LogP contribution in [0.5, 0.6) is 0 Å². The summed E-state index contributed by atoms with van der Waals surface area (Å²) >= 11 is 0. The van der Waals surface area contributed by atoms with Gasteiger partial charge in [-0.15, -0.1) is 0 Å². The summed E-state index contributed by atoms with van der Waals surface area (Å²) in [5.74, 6) is -0.948. The number of hydrogen-bond donors (Lipinski definition) is 3. The Balaban J connectivity index is 0.00000170. The summed E-state index contributed by atoms with van der Waals surface area (Å²) in [5, 5.41) is 18.8. The second kappa shape index (κ2) is 25.9. The number of aliphatic carboxylic acids is 1. The zero-order chi connectivity index (χ0) is 26.0. The van der Waals surface area contributed by atoms with Crippen molar-refractivity contribution in [1.29, 1.82) is 0 Å². The molecule has 1 amide bonds. The van der Waals surface area contributed by atoms with Crippen molar-refractivity contribution in [2.75, 3.05) is 39.4 Å². The Morgan fingerprint density at radius 3 is 1.66 bits per heavy atom. The molecule has 7 heteroatoms. The first-order chi connectivity index (χ1) is 17.0. The third-order valence-electron chi connectivity index (χ3n) is 6.44. The number of carbonyl (C=O) groups excluding carboxylic acids is 1. The first kappa shape index (κ1) is 33.8. The maximum atomic E-state index is 11.9. The van der Waals surface area contributed by atoms with Crippen LogP contribution in [-0.4, -0.2) is 72.5 Å². The molecule has 0 radical (unpaired) electrons. The number of carbonyl (C=O) groups is 2. The molecule has 35 heavy (non-hydrogen) atoms. The molecule has 1 saturated heterocycles. The van der Waals surface area contributed by atoms with E-state index < -0.39 is 12.1 Å². The number of ether oxygens (including phenoxy) is 1. The minimum atomic E-state index is -1.23. The van der Waals surface area contributed by atoms with Crippen molar-refractivity contribution in [3.8, 4) is 0 Å². The van der Waals surface area contributed by atoms with Crippen LogP contribution in [0, 0.1) is 0 Å². The van der Waals surface area contributed by atoms with Gasteiger partial charge in [-0.05, 0) is 26.3 Å². The summed E-state index contributed by atoms with van der Waals surface area (Å²) in [6.45, 7) is 9.14. The van der Waals surface area contributed by atoms with E-state index >= 15 is 0 Å². The molecule has 208 valence electrons. The van der Waals surface area contributed by atoms with Crippen LogP contribution in [0.3, 0.4) is 0 Å². The number of nitrogens with zero attached hydrogens (tertiary/aromatic N) is 1. The second-order valence-electron chi connectivity index (χ2n) is 9.87. The number of rotatable bonds is 21. The number of morpholine rings is 1. The van der Waals surface area contributed by atoms with Gasteiger partial charge < -0.3 is 20.3 Å². The van der Waals surface area contributed by atoms with Crippen molar-refractivity contribution in [3.63, 3.8) is 0 Å². The molecule has 1 heterocycles. The highest BCUT2D eigenvalue weighted by molar-refractivity contribution is 5.75. The molecule has 0 aromatic heterocycles. The number of amides is 1. The highest BCUT2D eigenvalue weighted by Crippen LogP contribution is 2.13. The lowest BCUT2D eigenvalue weighted by Gasteiger charge is -2.26. The van der Waals surface area contributed by atoms with E-state index in [1.807, 2.05) is 0 Å². The van der Waals surface area contributed by atoms with Crippen molar-refractivity contribution in [3.05, 3.63) is 0 Å². The van der Waals surface area contributed by atoms with Gasteiger partial charge in [0, 0.05) is 26.1 Å². The van der Waals surface area contributed by atoms with Gasteiger partial charge in [0.05, 0.1) is 13.2 Å². The minimum Gasteiger partial charge on any atom is -0.479 e. The Labute approximate surface area is 215 Å². The summed E-state index contributed by atoms with van der Waals surface area (Å²) in [6.07, 6.45) is 21.0. The van der Waals surface area contributed by atoms with Gasteiger partial charge in [0.1, 0.15) is 6.10 Å². The number of nitrogens with one attached hydrogen (secondary N) is 1. The first-order valence-corrected chi connectivity index (χ1v) is 14.4. The quantitative estimate of drug-likeness (QED) is 0.179. The normalized spacial score (nSPS) is 14.7. The van der Waals surface area contributed by atoms with Crippen LogP contribution in [0.2, 0.25) is 0 Å². The fourth-order valence-corrected chi connectivity index (χ4v) is 4.10. The SMILES string of the molecule is CC(O)C(=O)O.CCCCCCCCCCCCCCCCCC(=O)NCCCN1CCOCC1. The third kappa shape index (κ3) is 25.7. The van der Waals surface area contributed by atoms with Crippen LogP contribution in [0.4, 0.5) is 0 Å². The van der Waals surface area contributed by atoms with Crippen molar-refractivity contribution >= 4 is 11.9 Å². The van der Waals surface area contributed by atoms with E-state index in [1.54, 1.807) is 0 Å². The van der Waals surface area contributed by atoms with E-state index in [2.05, 4.69) is 17.1 Å². The number of unbranched alkanes of at least 4 members (excludes halogenated alkanes) is 14. The highest BCUT2D eigenvalue weighted by atomic mass is 16.5.